The summed E-state index contributed by atoms with van der Waals surface area (Å²) in [6, 6.07) is 4.20. The number of hydrogen-bond donors (Lipinski definition) is 4. The Bertz CT molecular complexity index is 1000. The number of aliphatic hydroxyl groups excluding tert-OH is 1. The number of aliphatic hydroxyl groups is 1. The molecule has 31 heavy (non-hydrogen) atoms. The van der Waals surface area contributed by atoms with E-state index in [0.717, 1.165) is 0 Å². The van der Waals surface area contributed by atoms with Gasteiger partial charge in [-0.1, -0.05) is 10.4 Å². The molecular formula is C16H19BrClFN8O4. The molecule has 0 aliphatic heterocycles. The molecule has 3 aromatic rings. The Morgan fingerprint density at radius 3 is 2.94 bits per heavy atom. The van der Waals surface area contributed by atoms with Crippen LogP contribution in [-0.2, 0) is 17.9 Å². The second kappa shape index (κ2) is 12.1. The summed E-state index contributed by atoms with van der Waals surface area (Å²) in [7, 11) is 0. The van der Waals surface area contributed by atoms with Gasteiger partial charge < -0.3 is 25.7 Å². The number of oxime groups is 1. The maximum absolute atomic E-state index is 13.4. The Hall–Kier alpha value is -2.81. The first-order valence-corrected chi connectivity index (χ1v) is 9.48. The summed E-state index contributed by atoms with van der Waals surface area (Å²) in [5, 5.41) is 42.5. The highest BCUT2D eigenvalue weighted by Crippen LogP contribution is 2.21. The van der Waals surface area contributed by atoms with E-state index in [1.807, 2.05) is 0 Å². The number of nitrogens with one attached hydrogen (secondary N) is 2. The molecule has 0 unspecified atom stereocenters. The first-order valence-electron chi connectivity index (χ1n) is 8.69. The quantitative estimate of drug-likeness (QED) is 0.102. The van der Waals surface area contributed by atoms with E-state index >= 15 is 0 Å². The summed E-state index contributed by atoms with van der Waals surface area (Å²) in [5.74, 6) is -0.228. The molecule has 168 valence electrons. The third-order valence-corrected chi connectivity index (χ3v) is 4.31. The highest BCUT2D eigenvalue weighted by molar-refractivity contribution is 9.10. The number of rotatable bonds is 10. The minimum absolute atomic E-state index is 0. The Kier molecular flexibility index (Phi) is 9.58. The predicted octanol–water partition coefficient (Wildman–Crippen LogP) is 1.85. The largest absolute Gasteiger partial charge is 0.409 e. The van der Waals surface area contributed by atoms with E-state index in [-0.39, 0.29) is 54.0 Å². The van der Waals surface area contributed by atoms with Crippen LogP contribution in [0, 0.1) is 5.82 Å². The van der Waals surface area contributed by atoms with Crippen LogP contribution in [0.4, 0.5) is 15.9 Å². The monoisotopic (exact) mass is 520 g/mol. The van der Waals surface area contributed by atoms with Crippen LogP contribution in [0.25, 0.3) is 0 Å². The minimum atomic E-state index is -0.426. The van der Waals surface area contributed by atoms with Crippen molar-refractivity contribution in [1.82, 2.24) is 25.3 Å². The lowest BCUT2D eigenvalue weighted by molar-refractivity contribution is 0.0796. The third-order valence-electron chi connectivity index (χ3n) is 3.70. The summed E-state index contributed by atoms with van der Waals surface area (Å²) >= 11 is 3.09. The van der Waals surface area contributed by atoms with Crippen molar-refractivity contribution in [2.24, 2.45) is 5.16 Å². The molecule has 0 aliphatic carbocycles. The van der Waals surface area contributed by atoms with Crippen molar-refractivity contribution in [3.05, 3.63) is 46.1 Å². The van der Waals surface area contributed by atoms with E-state index in [1.165, 1.54) is 18.2 Å². The van der Waals surface area contributed by atoms with Crippen molar-refractivity contribution < 1.29 is 24.1 Å². The highest BCUT2D eigenvalue weighted by atomic mass is 79.9. The van der Waals surface area contributed by atoms with Gasteiger partial charge in [-0.05, 0) is 44.4 Å². The van der Waals surface area contributed by atoms with Crippen molar-refractivity contribution in [2.75, 3.05) is 30.4 Å². The summed E-state index contributed by atoms with van der Waals surface area (Å²) in [6.07, 6.45) is 1.72. The summed E-state index contributed by atoms with van der Waals surface area (Å²) < 4.78 is 25.2. The summed E-state index contributed by atoms with van der Waals surface area (Å²) in [5.41, 5.74) is 1.23. The van der Waals surface area contributed by atoms with Crippen LogP contribution in [0.15, 0.2) is 38.7 Å². The molecule has 12 nitrogen and oxygen atoms in total. The molecule has 4 N–H and O–H groups in total. The van der Waals surface area contributed by atoms with Gasteiger partial charge in [-0.2, -0.15) is 0 Å². The zero-order valence-corrected chi connectivity index (χ0v) is 18.3. The topological polar surface area (TPSA) is 156 Å². The maximum Gasteiger partial charge on any atom is 0.203 e. The molecule has 0 radical (unpaired) electrons. The smallest absolute Gasteiger partial charge is 0.203 e. The fourth-order valence-electron chi connectivity index (χ4n) is 2.35. The van der Waals surface area contributed by atoms with Crippen LogP contribution in [-0.4, -0.2) is 61.2 Å². The SMILES string of the molecule is Cl.OCCOCc1cn(CCNc2nonc2C(=NO)Nc2ccc(F)c(Br)c2)nn1. The van der Waals surface area contributed by atoms with E-state index in [9.17, 15) is 9.60 Å². The van der Waals surface area contributed by atoms with Crippen LogP contribution < -0.4 is 10.6 Å². The number of amidine groups is 1. The Morgan fingerprint density at radius 1 is 1.35 bits per heavy atom. The lowest BCUT2D eigenvalue weighted by Crippen LogP contribution is -2.18. The van der Waals surface area contributed by atoms with Gasteiger partial charge in [-0.25, -0.2) is 9.02 Å². The standard InChI is InChI=1S/C16H18BrFN8O4.ClH/c17-12-7-10(1-2-13(12)18)20-16(22-28)14-15(24-30-23-14)19-3-4-26-8-11(21-25-26)9-29-6-5-27;/h1-2,7-8,27-28H,3-6,9H2,(H,19,24)(H,20,22);1H. The molecule has 0 amide bonds. The van der Waals surface area contributed by atoms with Gasteiger partial charge in [0.1, 0.15) is 11.5 Å². The number of aromatic nitrogens is 5. The van der Waals surface area contributed by atoms with Crippen molar-refractivity contribution in [1.29, 1.82) is 0 Å². The van der Waals surface area contributed by atoms with Gasteiger partial charge in [0.25, 0.3) is 0 Å². The predicted molar refractivity (Wildman–Crippen MR) is 113 cm³/mol. The lowest BCUT2D eigenvalue weighted by Gasteiger charge is -2.08. The van der Waals surface area contributed by atoms with Gasteiger partial charge in [0, 0.05) is 12.2 Å². The third kappa shape index (κ3) is 6.85. The molecule has 2 heterocycles. The van der Waals surface area contributed by atoms with Crippen LogP contribution >= 0.6 is 28.3 Å². The zero-order valence-electron chi connectivity index (χ0n) is 15.9. The van der Waals surface area contributed by atoms with Crippen LogP contribution in [0.1, 0.15) is 11.4 Å². The summed E-state index contributed by atoms with van der Waals surface area (Å²) in [6.45, 7) is 1.27. The van der Waals surface area contributed by atoms with Gasteiger partial charge in [-0.3, -0.25) is 4.68 Å². The fourth-order valence-corrected chi connectivity index (χ4v) is 2.72. The zero-order chi connectivity index (χ0) is 21.3. The Labute approximate surface area is 190 Å². The number of halogens is 3. The van der Waals surface area contributed by atoms with Crippen molar-refractivity contribution in [3.8, 4) is 0 Å². The molecule has 0 bridgehead atoms. The van der Waals surface area contributed by atoms with Crippen molar-refractivity contribution >= 4 is 45.7 Å². The maximum atomic E-state index is 13.4. The molecule has 3 rings (SSSR count). The van der Waals surface area contributed by atoms with Gasteiger partial charge in [0.15, 0.2) is 5.69 Å². The number of benzene rings is 1. The van der Waals surface area contributed by atoms with E-state index in [1.54, 1.807) is 10.9 Å². The molecule has 0 saturated heterocycles. The first kappa shape index (κ1) is 24.5. The number of hydrogen-bond acceptors (Lipinski definition) is 10. The second-order valence-electron chi connectivity index (χ2n) is 5.84. The molecule has 0 saturated carbocycles. The number of ether oxygens (including phenoxy) is 1. The van der Waals surface area contributed by atoms with Crippen molar-refractivity contribution in [3.63, 3.8) is 0 Å². The number of nitrogens with zero attached hydrogens (tertiary/aromatic N) is 6. The second-order valence-corrected chi connectivity index (χ2v) is 6.69. The Morgan fingerprint density at radius 2 is 2.19 bits per heavy atom. The van der Waals surface area contributed by atoms with Gasteiger partial charge in [-0.15, -0.1) is 17.5 Å². The van der Waals surface area contributed by atoms with E-state index < -0.39 is 5.82 Å². The molecule has 0 spiro atoms. The van der Waals surface area contributed by atoms with Crippen LogP contribution in [0.3, 0.4) is 0 Å². The van der Waals surface area contributed by atoms with E-state index in [2.05, 4.69) is 52.3 Å². The van der Waals surface area contributed by atoms with Gasteiger partial charge >= 0.3 is 0 Å². The van der Waals surface area contributed by atoms with Crippen LogP contribution in [0.5, 0.6) is 0 Å². The van der Waals surface area contributed by atoms with Crippen molar-refractivity contribution in [2.45, 2.75) is 13.2 Å². The normalized spacial score (nSPS) is 11.3. The van der Waals surface area contributed by atoms with Gasteiger partial charge in [0.2, 0.25) is 11.7 Å². The number of anilines is 2. The molecule has 0 fully saturated rings. The fraction of sp³-hybridized carbons (Fsp3) is 0.312. The van der Waals surface area contributed by atoms with Gasteiger partial charge in [0.05, 0.1) is 37.0 Å². The minimum Gasteiger partial charge on any atom is -0.409 e. The molecular weight excluding hydrogens is 503 g/mol. The molecule has 0 atom stereocenters. The Balaban J connectivity index is 0.00000341. The highest BCUT2D eigenvalue weighted by Gasteiger charge is 2.18. The van der Waals surface area contributed by atoms with E-state index in [4.69, 9.17) is 14.5 Å². The molecule has 1 aromatic carbocycles. The average Bonchev–Trinajstić information content (AvgIpc) is 3.39. The first-order chi connectivity index (χ1) is 14.6. The lowest BCUT2D eigenvalue weighted by atomic mass is 10.3. The summed E-state index contributed by atoms with van der Waals surface area (Å²) in [4.78, 5) is 0. The molecule has 15 heteroatoms. The van der Waals surface area contributed by atoms with E-state index in [0.29, 0.717) is 24.5 Å². The molecule has 2 aromatic heterocycles. The molecule has 0 aliphatic rings. The average molecular weight is 522 g/mol. The van der Waals surface area contributed by atoms with Crippen LogP contribution in [0.2, 0.25) is 0 Å².